The number of amides is 3. The molecule has 41 heavy (non-hydrogen) atoms. The third-order valence-corrected chi connectivity index (χ3v) is 7.91. The van der Waals surface area contributed by atoms with Crippen molar-refractivity contribution < 1.29 is 28.4 Å². The summed E-state index contributed by atoms with van der Waals surface area (Å²) < 4.78 is 18.0. The highest BCUT2D eigenvalue weighted by atomic mass is 16.7. The highest BCUT2D eigenvalue weighted by Gasteiger charge is 2.54. The van der Waals surface area contributed by atoms with E-state index in [1.807, 2.05) is 45.9 Å². The summed E-state index contributed by atoms with van der Waals surface area (Å²) in [7, 11) is -0.703. The normalized spacial score (nSPS) is 19.3. The minimum absolute atomic E-state index is 0.0505. The number of nitrogens with one attached hydrogen (secondary N) is 2. The molecule has 0 saturated carbocycles. The summed E-state index contributed by atoms with van der Waals surface area (Å²) in [6.45, 7) is 9.56. The van der Waals surface area contributed by atoms with Crippen LogP contribution in [0.4, 0.5) is 0 Å². The fourth-order valence-corrected chi connectivity index (χ4v) is 4.76. The number of nitrogens with zero attached hydrogens (tertiary/aromatic N) is 3. The Hall–Kier alpha value is -3.35. The molecule has 12 heteroatoms. The molecule has 2 N–H and O–H groups in total. The van der Waals surface area contributed by atoms with Crippen LogP contribution in [0.5, 0.6) is 0 Å². The maximum absolute atomic E-state index is 13.8. The van der Waals surface area contributed by atoms with Crippen LogP contribution < -0.4 is 10.6 Å². The first-order chi connectivity index (χ1) is 19.6. The lowest BCUT2D eigenvalue weighted by atomic mass is 9.75. The van der Waals surface area contributed by atoms with Gasteiger partial charge in [0.25, 0.3) is 5.91 Å². The summed E-state index contributed by atoms with van der Waals surface area (Å²) in [5.74, 6) is -1.85. The Labute approximate surface area is 241 Å². The van der Waals surface area contributed by atoms with Gasteiger partial charge in [-0.15, -0.1) is 0 Å². The molecule has 2 aromatic rings. The average Bonchev–Trinajstić information content (AvgIpc) is 3.19. The van der Waals surface area contributed by atoms with Gasteiger partial charge in [-0.25, -0.2) is 4.98 Å². The highest BCUT2D eigenvalue weighted by molar-refractivity contribution is 6.48. The summed E-state index contributed by atoms with van der Waals surface area (Å²) >= 11 is 0. The molecule has 3 amide bonds. The van der Waals surface area contributed by atoms with Gasteiger partial charge in [0.1, 0.15) is 11.7 Å². The Morgan fingerprint density at radius 3 is 2.32 bits per heavy atom. The average molecular weight is 565 g/mol. The molecule has 1 aromatic carbocycles. The van der Waals surface area contributed by atoms with Gasteiger partial charge in [-0.3, -0.25) is 19.4 Å². The molecular formula is C29H40BN5O6. The van der Waals surface area contributed by atoms with E-state index in [9.17, 15) is 14.4 Å². The molecule has 2 saturated heterocycles. The molecule has 0 aliphatic carbocycles. The van der Waals surface area contributed by atoms with Crippen molar-refractivity contribution in [2.24, 2.45) is 0 Å². The number of morpholine rings is 1. The number of hydrogen-bond donors (Lipinski definition) is 2. The van der Waals surface area contributed by atoms with Crippen molar-refractivity contribution in [1.29, 1.82) is 0 Å². The van der Waals surface area contributed by atoms with Gasteiger partial charge in [0, 0.05) is 25.5 Å². The summed E-state index contributed by atoms with van der Waals surface area (Å²) in [4.78, 5) is 49.5. The largest absolute Gasteiger partial charge is 0.481 e. The lowest BCUT2D eigenvalue weighted by molar-refractivity contribution is -0.138. The lowest BCUT2D eigenvalue weighted by Gasteiger charge is -2.32. The second kappa shape index (κ2) is 13.5. The van der Waals surface area contributed by atoms with Crippen molar-refractivity contribution >= 4 is 24.8 Å². The van der Waals surface area contributed by atoms with Crippen molar-refractivity contribution in [3.8, 4) is 0 Å². The minimum Gasteiger partial charge on any atom is -0.402 e. The van der Waals surface area contributed by atoms with E-state index >= 15 is 0 Å². The van der Waals surface area contributed by atoms with Crippen molar-refractivity contribution in [2.75, 3.05) is 26.3 Å². The SMILES string of the molecule is CC1(C)OB([C@@H](CCCc2ccccc2)NC(=O)[C@H](CC(=O)N2CCOCC2)NC(=O)c2cnccn2)OC1(C)C. The van der Waals surface area contributed by atoms with Gasteiger partial charge in [-0.2, -0.15) is 0 Å². The van der Waals surface area contributed by atoms with Crippen molar-refractivity contribution in [3.63, 3.8) is 0 Å². The fraction of sp³-hybridized carbons (Fsp3) is 0.552. The molecule has 0 unspecified atom stereocenters. The zero-order chi connectivity index (χ0) is 29.5. The molecule has 2 fully saturated rings. The van der Waals surface area contributed by atoms with Gasteiger partial charge >= 0.3 is 7.12 Å². The quantitative estimate of drug-likeness (QED) is 0.396. The Kier molecular flexibility index (Phi) is 10.1. The molecule has 3 heterocycles. The predicted octanol–water partition coefficient (Wildman–Crippen LogP) is 1.96. The summed E-state index contributed by atoms with van der Waals surface area (Å²) in [6, 6.07) is 8.97. The number of benzene rings is 1. The van der Waals surface area contributed by atoms with Crippen LogP contribution in [0.2, 0.25) is 0 Å². The van der Waals surface area contributed by atoms with E-state index < -0.39 is 42.1 Å². The monoisotopic (exact) mass is 565 g/mol. The Morgan fingerprint density at radius 2 is 1.68 bits per heavy atom. The Morgan fingerprint density at radius 1 is 1.00 bits per heavy atom. The molecule has 2 atom stereocenters. The summed E-state index contributed by atoms with van der Waals surface area (Å²) in [6.07, 6.45) is 6.09. The van der Waals surface area contributed by atoms with Crippen LogP contribution in [0.3, 0.4) is 0 Å². The van der Waals surface area contributed by atoms with Crippen LogP contribution in [-0.2, 0) is 30.1 Å². The van der Waals surface area contributed by atoms with Crippen molar-refractivity contribution in [1.82, 2.24) is 25.5 Å². The molecule has 0 radical (unpaired) electrons. The number of aromatic nitrogens is 2. The van der Waals surface area contributed by atoms with Gasteiger partial charge in [-0.1, -0.05) is 30.3 Å². The first-order valence-electron chi connectivity index (χ1n) is 14.2. The van der Waals surface area contributed by atoms with Crippen LogP contribution in [0.15, 0.2) is 48.9 Å². The molecule has 220 valence electrons. The maximum Gasteiger partial charge on any atom is 0.481 e. The first kappa shape index (κ1) is 30.6. The van der Waals surface area contributed by atoms with E-state index in [0.29, 0.717) is 32.7 Å². The molecule has 2 aliphatic rings. The van der Waals surface area contributed by atoms with Crippen LogP contribution in [0, 0.1) is 0 Å². The predicted molar refractivity (Wildman–Crippen MR) is 153 cm³/mol. The molecule has 11 nitrogen and oxygen atoms in total. The zero-order valence-electron chi connectivity index (χ0n) is 24.3. The van der Waals surface area contributed by atoms with Crippen LogP contribution >= 0.6 is 0 Å². The van der Waals surface area contributed by atoms with Gasteiger partial charge in [0.15, 0.2) is 0 Å². The topological polar surface area (TPSA) is 132 Å². The number of aryl methyl sites for hydroxylation is 1. The number of rotatable bonds is 11. The second-order valence-corrected chi connectivity index (χ2v) is 11.4. The third kappa shape index (κ3) is 8.11. The third-order valence-electron chi connectivity index (χ3n) is 7.91. The van der Waals surface area contributed by atoms with Gasteiger partial charge in [-0.05, 0) is 52.5 Å². The van der Waals surface area contributed by atoms with Gasteiger partial charge < -0.3 is 29.6 Å². The zero-order valence-corrected chi connectivity index (χ0v) is 24.3. The number of ether oxygens (including phenoxy) is 1. The number of carbonyl (C=O) groups is 3. The number of carbonyl (C=O) groups excluding carboxylic acids is 3. The van der Waals surface area contributed by atoms with E-state index in [0.717, 1.165) is 12.8 Å². The van der Waals surface area contributed by atoms with E-state index in [-0.39, 0.29) is 18.0 Å². The summed E-state index contributed by atoms with van der Waals surface area (Å²) in [5, 5.41) is 5.75. The van der Waals surface area contributed by atoms with Crippen LogP contribution in [0.1, 0.15) is 63.0 Å². The summed E-state index contributed by atoms with van der Waals surface area (Å²) in [5.41, 5.74) is 0.0593. The van der Waals surface area contributed by atoms with E-state index in [2.05, 4.69) is 32.7 Å². The second-order valence-electron chi connectivity index (χ2n) is 11.4. The standard InChI is InChI=1S/C29H40BN5O6/c1-28(2)29(3,4)41-30(40-28)24(12-8-11-21-9-6-5-7-10-21)34-26(37)22(19-25(36)35-15-17-39-18-16-35)33-27(38)23-20-31-13-14-32-23/h5-7,9-10,13-14,20,22,24H,8,11-12,15-19H2,1-4H3,(H,33,38)(H,34,37)/t22-,24+/m0/s1. The lowest BCUT2D eigenvalue weighted by Crippen LogP contribution is -2.56. The molecule has 0 bridgehead atoms. The van der Waals surface area contributed by atoms with E-state index in [1.165, 1.54) is 24.2 Å². The Balaban J connectivity index is 1.51. The minimum atomic E-state index is -1.14. The van der Waals surface area contributed by atoms with Gasteiger partial charge in [0.2, 0.25) is 11.8 Å². The van der Waals surface area contributed by atoms with E-state index in [1.54, 1.807) is 4.90 Å². The molecule has 1 aromatic heterocycles. The van der Waals surface area contributed by atoms with Crippen LogP contribution in [0.25, 0.3) is 0 Å². The van der Waals surface area contributed by atoms with Crippen molar-refractivity contribution in [2.45, 2.75) is 76.6 Å². The van der Waals surface area contributed by atoms with Gasteiger partial charge in [0.05, 0.1) is 43.0 Å². The fourth-order valence-electron chi connectivity index (χ4n) is 4.76. The van der Waals surface area contributed by atoms with Crippen LogP contribution in [-0.4, -0.2) is 89.2 Å². The smallest absolute Gasteiger partial charge is 0.402 e. The Bertz CT molecular complexity index is 1160. The van der Waals surface area contributed by atoms with E-state index in [4.69, 9.17) is 14.0 Å². The molecule has 2 aliphatic heterocycles. The molecular weight excluding hydrogens is 525 g/mol. The number of hydrogen-bond acceptors (Lipinski definition) is 8. The molecule has 0 spiro atoms. The molecule has 4 rings (SSSR count). The highest BCUT2D eigenvalue weighted by Crippen LogP contribution is 2.38. The first-order valence-corrected chi connectivity index (χ1v) is 14.2. The maximum atomic E-state index is 13.8. The van der Waals surface area contributed by atoms with Crippen molar-refractivity contribution in [3.05, 3.63) is 60.2 Å².